The van der Waals surface area contributed by atoms with E-state index in [-0.39, 0.29) is 5.03 Å². The van der Waals surface area contributed by atoms with E-state index in [0.29, 0.717) is 5.69 Å². The third kappa shape index (κ3) is 3.16. The molecule has 0 atom stereocenters. The minimum Gasteiger partial charge on any atom is -0.221 e. The fourth-order valence-corrected chi connectivity index (χ4v) is 2.79. The molecule has 1 aromatic heterocycles. The molecule has 6 heteroatoms. The van der Waals surface area contributed by atoms with E-state index in [1.807, 2.05) is 38.1 Å². The van der Waals surface area contributed by atoms with Gasteiger partial charge in [-0.1, -0.05) is 31.0 Å². The van der Waals surface area contributed by atoms with Gasteiger partial charge in [0.25, 0.3) is 9.05 Å². The van der Waals surface area contributed by atoms with E-state index < -0.39 is 9.05 Å². The van der Waals surface area contributed by atoms with Crippen molar-refractivity contribution in [2.45, 2.75) is 31.7 Å². The maximum absolute atomic E-state index is 11.6. The lowest BCUT2D eigenvalue weighted by Crippen LogP contribution is -2.04. The summed E-state index contributed by atoms with van der Waals surface area (Å²) in [4.78, 5) is 0. The molecule has 0 radical (unpaired) electrons. The van der Waals surface area contributed by atoms with E-state index in [9.17, 15) is 8.42 Å². The predicted molar refractivity (Wildman–Crippen MR) is 75.3 cm³/mol. The van der Waals surface area contributed by atoms with Gasteiger partial charge in [0.1, 0.15) is 0 Å². The molecule has 2 aromatic rings. The maximum atomic E-state index is 11.6. The van der Waals surface area contributed by atoms with Gasteiger partial charge in [0.15, 0.2) is 5.03 Å². The van der Waals surface area contributed by atoms with Crippen LogP contribution in [0.5, 0.6) is 0 Å². The summed E-state index contributed by atoms with van der Waals surface area (Å²) in [5.74, 6) is 0. The molecule has 102 valence electrons. The van der Waals surface area contributed by atoms with Crippen molar-refractivity contribution in [2.75, 3.05) is 0 Å². The normalized spacial score (nSPS) is 11.7. The highest BCUT2D eigenvalue weighted by molar-refractivity contribution is 8.13. The third-order valence-corrected chi connectivity index (χ3v) is 4.03. The van der Waals surface area contributed by atoms with Gasteiger partial charge in [-0.25, -0.2) is 13.1 Å². The average Bonchev–Trinajstić information content (AvgIpc) is 2.74. The van der Waals surface area contributed by atoms with Gasteiger partial charge < -0.3 is 0 Å². The monoisotopic (exact) mass is 298 g/mol. The van der Waals surface area contributed by atoms with Crippen molar-refractivity contribution in [1.29, 1.82) is 0 Å². The van der Waals surface area contributed by atoms with Crippen LogP contribution in [-0.4, -0.2) is 18.2 Å². The Morgan fingerprint density at radius 3 is 2.42 bits per heavy atom. The minimum absolute atomic E-state index is 0.0152. The SMILES string of the molecule is CCCc1cc(S(=O)(=O)Cl)n(-c2ccc(C)cc2)n1. The zero-order valence-corrected chi connectivity index (χ0v) is 12.4. The van der Waals surface area contributed by atoms with E-state index in [4.69, 9.17) is 10.7 Å². The molecule has 0 spiro atoms. The molecule has 4 nitrogen and oxygen atoms in total. The van der Waals surface area contributed by atoms with Crippen molar-refractivity contribution >= 4 is 19.7 Å². The van der Waals surface area contributed by atoms with E-state index >= 15 is 0 Å². The van der Waals surface area contributed by atoms with Crippen LogP contribution < -0.4 is 0 Å². The Labute approximate surface area is 117 Å². The number of aryl methyl sites for hydroxylation is 2. The Bertz CT molecular complexity index is 675. The van der Waals surface area contributed by atoms with E-state index in [1.54, 1.807) is 0 Å². The summed E-state index contributed by atoms with van der Waals surface area (Å²) in [7, 11) is 1.65. The second kappa shape index (κ2) is 5.35. The van der Waals surface area contributed by atoms with Crippen LogP contribution in [0.15, 0.2) is 35.4 Å². The third-order valence-electron chi connectivity index (χ3n) is 2.76. The zero-order chi connectivity index (χ0) is 14.0. The molecule has 0 aliphatic heterocycles. The van der Waals surface area contributed by atoms with E-state index in [0.717, 1.165) is 24.1 Å². The van der Waals surface area contributed by atoms with Gasteiger partial charge in [0.05, 0.1) is 11.4 Å². The fourth-order valence-electron chi connectivity index (χ4n) is 1.83. The molecule has 0 unspecified atom stereocenters. The summed E-state index contributed by atoms with van der Waals surface area (Å²) < 4.78 is 24.6. The van der Waals surface area contributed by atoms with Gasteiger partial charge in [-0.15, -0.1) is 0 Å². The van der Waals surface area contributed by atoms with Gasteiger partial charge in [-0.3, -0.25) is 0 Å². The van der Waals surface area contributed by atoms with Crippen molar-refractivity contribution in [2.24, 2.45) is 0 Å². The number of hydrogen-bond donors (Lipinski definition) is 0. The standard InChI is InChI=1S/C13H15ClN2O2S/c1-3-4-11-9-13(19(14,17)18)16(15-11)12-7-5-10(2)6-8-12/h5-9H,3-4H2,1-2H3. The zero-order valence-electron chi connectivity index (χ0n) is 10.8. The quantitative estimate of drug-likeness (QED) is 0.815. The van der Waals surface area contributed by atoms with E-state index in [1.165, 1.54) is 10.7 Å². The number of halogens is 1. The first-order chi connectivity index (χ1) is 8.91. The second-order valence-electron chi connectivity index (χ2n) is 4.41. The second-order valence-corrected chi connectivity index (χ2v) is 6.92. The van der Waals surface area contributed by atoms with Crippen molar-refractivity contribution in [3.05, 3.63) is 41.6 Å². The first-order valence-corrected chi connectivity index (χ1v) is 8.33. The summed E-state index contributed by atoms with van der Waals surface area (Å²) in [6, 6.07) is 8.99. The Hall–Kier alpha value is -1.33. The molecule has 0 saturated heterocycles. The summed E-state index contributed by atoms with van der Waals surface area (Å²) in [5.41, 5.74) is 2.51. The topological polar surface area (TPSA) is 52.0 Å². The summed E-state index contributed by atoms with van der Waals surface area (Å²) in [6.07, 6.45) is 1.62. The van der Waals surface area contributed by atoms with Gasteiger partial charge in [-0.05, 0) is 25.5 Å². The first kappa shape index (κ1) is 14.1. The van der Waals surface area contributed by atoms with Crippen LogP contribution in [0.3, 0.4) is 0 Å². The highest BCUT2D eigenvalue weighted by Gasteiger charge is 2.20. The molecule has 0 bridgehead atoms. The fraction of sp³-hybridized carbons (Fsp3) is 0.308. The Kier molecular flexibility index (Phi) is 3.96. The number of nitrogens with zero attached hydrogens (tertiary/aromatic N) is 2. The minimum atomic E-state index is -3.82. The number of hydrogen-bond acceptors (Lipinski definition) is 3. The molecular weight excluding hydrogens is 284 g/mol. The molecule has 0 aliphatic carbocycles. The highest BCUT2D eigenvalue weighted by Crippen LogP contribution is 2.21. The van der Waals surface area contributed by atoms with Crippen molar-refractivity contribution in [1.82, 2.24) is 9.78 Å². The van der Waals surface area contributed by atoms with Gasteiger partial charge in [0, 0.05) is 16.7 Å². The largest absolute Gasteiger partial charge is 0.278 e. The molecule has 0 aliphatic rings. The molecule has 19 heavy (non-hydrogen) atoms. The Morgan fingerprint density at radius 2 is 1.89 bits per heavy atom. The van der Waals surface area contributed by atoms with Crippen LogP contribution in [0.4, 0.5) is 0 Å². The van der Waals surface area contributed by atoms with Crippen LogP contribution in [0, 0.1) is 6.92 Å². The van der Waals surface area contributed by atoms with Gasteiger partial charge >= 0.3 is 0 Å². The summed E-state index contributed by atoms with van der Waals surface area (Å²) in [5, 5.41) is 4.33. The van der Waals surface area contributed by atoms with Crippen LogP contribution in [0.1, 0.15) is 24.6 Å². The highest BCUT2D eigenvalue weighted by atomic mass is 35.7. The lowest BCUT2D eigenvalue weighted by atomic mass is 10.2. The molecule has 1 heterocycles. The van der Waals surface area contributed by atoms with Crippen LogP contribution in [0.25, 0.3) is 5.69 Å². The predicted octanol–water partition coefficient (Wildman–Crippen LogP) is 3.06. The molecule has 1 aromatic carbocycles. The van der Waals surface area contributed by atoms with Crippen molar-refractivity contribution in [3.8, 4) is 5.69 Å². The van der Waals surface area contributed by atoms with Gasteiger partial charge in [0.2, 0.25) is 0 Å². The Balaban J connectivity index is 2.57. The summed E-state index contributed by atoms with van der Waals surface area (Å²) in [6.45, 7) is 3.98. The van der Waals surface area contributed by atoms with E-state index in [2.05, 4.69) is 5.10 Å². The lowest BCUT2D eigenvalue weighted by Gasteiger charge is -2.05. The molecular formula is C13H15ClN2O2S. The average molecular weight is 299 g/mol. The van der Waals surface area contributed by atoms with Gasteiger partial charge in [-0.2, -0.15) is 5.10 Å². The van der Waals surface area contributed by atoms with Crippen LogP contribution in [0.2, 0.25) is 0 Å². The van der Waals surface area contributed by atoms with Crippen molar-refractivity contribution < 1.29 is 8.42 Å². The molecule has 2 rings (SSSR count). The molecule has 0 amide bonds. The maximum Gasteiger partial charge on any atom is 0.278 e. The van der Waals surface area contributed by atoms with Crippen LogP contribution >= 0.6 is 10.7 Å². The summed E-state index contributed by atoms with van der Waals surface area (Å²) >= 11 is 0. The number of benzene rings is 1. The lowest BCUT2D eigenvalue weighted by molar-refractivity contribution is 0.599. The molecule has 0 fully saturated rings. The van der Waals surface area contributed by atoms with Crippen molar-refractivity contribution in [3.63, 3.8) is 0 Å². The number of aromatic nitrogens is 2. The smallest absolute Gasteiger partial charge is 0.221 e. The number of rotatable bonds is 4. The van der Waals surface area contributed by atoms with Crippen LogP contribution in [-0.2, 0) is 15.5 Å². The Morgan fingerprint density at radius 1 is 1.26 bits per heavy atom. The molecule has 0 N–H and O–H groups in total. The first-order valence-electron chi connectivity index (χ1n) is 6.02. The molecule has 0 saturated carbocycles.